The second kappa shape index (κ2) is 6.90. The second-order valence-electron chi connectivity index (χ2n) is 5.81. The number of quaternary nitrogens is 1. The highest BCUT2D eigenvalue weighted by molar-refractivity contribution is 7.89. The monoisotopic (exact) mass is 339 g/mol. The van der Waals surface area contributed by atoms with E-state index in [4.69, 9.17) is 9.47 Å². The summed E-state index contributed by atoms with van der Waals surface area (Å²) in [6.07, 6.45) is 2.67. The molecule has 2 aliphatic heterocycles. The normalized spacial score (nSPS) is 20.0. The van der Waals surface area contributed by atoms with Gasteiger partial charge in [-0.15, -0.1) is 0 Å². The summed E-state index contributed by atoms with van der Waals surface area (Å²) in [5.41, 5.74) is 0. The molecule has 3 rings (SSSR count). The average Bonchev–Trinajstić information content (AvgIpc) is 2.80. The van der Waals surface area contributed by atoms with Gasteiger partial charge in [0.25, 0.3) is 0 Å². The molecule has 0 saturated carbocycles. The van der Waals surface area contributed by atoms with E-state index in [0.29, 0.717) is 37.8 Å². The minimum absolute atomic E-state index is 0.272. The Hall–Kier alpha value is -1.57. The summed E-state index contributed by atoms with van der Waals surface area (Å²) in [5.74, 6) is 1.13. The van der Waals surface area contributed by atoms with E-state index in [1.807, 2.05) is 6.08 Å². The van der Waals surface area contributed by atoms with Crippen LogP contribution in [0, 0.1) is 0 Å². The summed E-state index contributed by atoms with van der Waals surface area (Å²) in [5, 5.41) is 0. The van der Waals surface area contributed by atoms with Gasteiger partial charge >= 0.3 is 0 Å². The van der Waals surface area contributed by atoms with Crippen molar-refractivity contribution in [3.8, 4) is 11.5 Å². The zero-order valence-electron chi connectivity index (χ0n) is 13.2. The lowest BCUT2D eigenvalue weighted by Gasteiger charge is -2.31. The van der Waals surface area contributed by atoms with Crippen LogP contribution in [-0.2, 0) is 10.0 Å². The van der Waals surface area contributed by atoms with Crippen molar-refractivity contribution in [2.24, 2.45) is 0 Å². The summed E-state index contributed by atoms with van der Waals surface area (Å²) in [6, 6.07) is 4.87. The van der Waals surface area contributed by atoms with Crippen LogP contribution in [0.1, 0.15) is 6.42 Å². The van der Waals surface area contributed by atoms with Crippen LogP contribution in [0.4, 0.5) is 0 Å². The number of fused-ring (bicyclic) bond motifs is 1. The lowest BCUT2D eigenvalue weighted by Crippen LogP contribution is -3.14. The molecule has 1 fully saturated rings. The fourth-order valence-corrected chi connectivity index (χ4v) is 4.36. The van der Waals surface area contributed by atoms with E-state index >= 15 is 0 Å². The van der Waals surface area contributed by atoms with Crippen LogP contribution in [0.25, 0.3) is 0 Å². The molecule has 6 nitrogen and oxygen atoms in total. The van der Waals surface area contributed by atoms with E-state index < -0.39 is 10.0 Å². The van der Waals surface area contributed by atoms with Gasteiger partial charge in [-0.25, -0.2) is 8.42 Å². The topological polar surface area (TPSA) is 60.3 Å². The van der Waals surface area contributed by atoms with Gasteiger partial charge in [0.15, 0.2) is 11.5 Å². The van der Waals surface area contributed by atoms with E-state index in [2.05, 4.69) is 6.58 Å². The molecule has 2 heterocycles. The Morgan fingerprint density at radius 2 is 1.87 bits per heavy atom. The standard InChI is InChI=1S/C16H22N2O4S/c1-2-6-17-7-9-18(10-8-17)23(19,20)14-4-5-15-16(13-14)22-12-3-11-21-15/h2,4-5,13H,1,3,6-12H2/p+1. The van der Waals surface area contributed by atoms with Crippen molar-refractivity contribution in [2.75, 3.05) is 45.9 Å². The van der Waals surface area contributed by atoms with Crippen LogP contribution >= 0.6 is 0 Å². The molecule has 1 aromatic carbocycles. The van der Waals surface area contributed by atoms with Crippen LogP contribution < -0.4 is 14.4 Å². The number of piperazine rings is 1. The zero-order chi connectivity index (χ0) is 16.3. The van der Waals surface area contributed by atoms with Gasteiger partial charge < -0.3 is 14.4 Å². The van der Waals surface area contributed by atoms with Crippen LogP contribution in [0.3, 0.4) is 0 Å². The number of hydrogen-bond acceptors (Lipinski definition) is 4. The maximum absolute atomic E-state index is 12.8. The number of rotatable bonds is 4. The molecule has 1 aromatic rings. The quantitative estimate of drug-likeness (QED) is 0.780. The first-order valence-corrected chi connectivity index (χ1v) is 9.39. The minimum atomic E-state index is -3.49. The molecule has 126 valence electrons. The number of hydrogen-bond donors (Lipinski definition) is 1. The fourth-order valence-electron chi connectivity index (χ4n) is 2.90. The van der Waals surface area contributed by atoms with E-state index in [1.165, 1.54) is 4.90 Å². The summed E-state index contributed by atoms with van der Waals surface area (Å²) in [7, 11) is -3.49. The van der Waals surface area contributed by atoms with Gasteiger partial charge in [0.05, 0.1) is 50.8 Å². The predicted molar refractivity (Wildman–Crippen MR) is 86.6 cm³/mol. The zero-order valence-corrected chi connectivity index (χ0v) is 14.0. The Morgan fingerprint density at radius 3 is 2.57 bits per heavy atom. The molecule has 0 atom stereocenters. The Kier molecular flexibility index (Phi) is 4.89. The maximum atomic E-state index is 12.8. The van der Waals surface area contributed by atoms with Crippen molar-refractivity contribution in [3.05, 3.63) is 30.9 Å². The van der Waals surface area contributed by atoms with Crippen LogP contribution in [0.2, 0.25) is 0 Å². The van der Waals surface area contributed by atoms with Gasteiger partial charge in [0.2, 0.25) is 10.0 Å². The van der Waals surface area contributed by atoms with Gasteiger partial charge in [-0.1, -0.05) is 6.58 Å². The molecule has 0 unspecified atom stereocenters. The Labute approximate surface area is 137 Å². The number of benzene rings is 1. The molecular weight excluding hydrogens is 316 g/mol. The highest BCUT2D eigenvalue weighted by Gasteiger charge is 2.30. The number of nitrogens with zero attached hydrogens (tertiary/aromatic N) is 1. The second-order valence-corrected chi connectivity index (χ2v) is 7.74. The third kappa shape index (κ3) is 3.52. The first-order chi connectivity index (χ1) is 11.1. The first kappa shape index (κ1) is 16.3. The van der Waals surface area contributed by atoms with Crippen LogP contribution in [0.15, 0.2) is 35.7 Å². The Bertz CT molecular complexity index is 667. The van der Waals surface area contributed by atoms with Crippen molar-refractivity contribution in [1.82, 2.24) is 4.31 Å². The molecule has 1 saturated heterocycles. The van der Waals surface area contributed by atoms with Crippen molar-refractivity contribution in [2.45, 2.75) is 11.3 Å². The summed E-state index contributed by atoms with van der Waals surface area (Å²) < 4.78 is 38.4. The van der Waals surface area contributed by atoms with E-state index in [9.17, 15) is 8.42 Å². The predicted octanol–water partition coefficient (Wildman–Crippen LogP) is -0.0769. The summed E-state index contributed by atoms with van der Waals surface area (Å²) >= 11 is 0. The highest BCUT2D eigenvalue weighted by atomic mass is 32.2. The largest absolute Gasteiger partial charge is 0.490 e. The molecule has 0 amide bonds. The number of ether oxygens (including phenoxy) is 2. The minimum Gasteiger partial charge on any atom is -0.490 e. The van der Waals surface area contributed by atoms with E-state index in [-0.39, 0.29) is 4.90 Å². The fraction of sp³-hybridized carbons (Fsp3) is 0.500. The van der Waals surface area contributed by atoms with Gasteiger partial charge in [-0.05, 0) is 18.2 Å². The average molecular weight is 339 g/mol. The molecule has 0 aliphatic carbocycles. The van der Waals surface area contributed by atoms with Gasteiger partial charge in [0.1, 0.15) is 0 Å². The lowest BCUT2D eigenvalue weighted by atomic mass is 10.3. The van der Waals surface area contributed by atoms with Crippen molar-refractivity contribution in [3.63, 3.8) is 0 Å². The van der Waals surface area contributed by atoms with Crippen molar-refractivity contribution < 1.29 is 22.8 Å². The molecule has 2 aliphatic rings. The summed E-state index contributed by atoms with van der Waals surface area (Å²) in [4.78, 5) is 1.64. The number of sulfonamides is 1. The van der Waals surface area contributed by atoms with Crippen LogP contribution in [0.5, 0.6) is 11.5 Å². The molecule has 0 spiro atoms. The van der Waals surface area contributed by atoms with Gasteiger partial charge in [-0.2, -0.15) is 4.31 Å². The molecular formula is C16H23N2O4S+. The van der Waals surface area contributed by atoms with Gasteiger partial charge in [0, 0.05) is 12.5 Å². The first-order valence-electron chi connectivity index (χ1n) is 7.95. The lowest BCUT2D eigenvalue weighted by molar-refractivity contribution is -0.897. The summed E-state index contributed by atoms with van der Waals surface area (Å²) in [6.45, 7) is 8.40. The molecule has 23 heavy (non-hydrogen) atoms. The molecule has 1 N–H and O–H groups in total. The van der Waals surface area contributed by atoms with E-state index in [1.54, 1.807) is 22.5 Å². The highest BCUT2D eigenvalue weighted by Crippen LogP contribution is 2.32. The third-order valence-corrected chi connectivity index (χ3v) is 6.11. The van der Waals surface area contributed by atoms with Crippen molar-refractivity contribution in [1.29, 1.82) is 0 Å². The third-order valence-electron chi connectivity index (χ3n) is 4.22. The van der Waals surface area contributed by atoms with E-state index in [0.717, 1.165) is 26.1 Å². The molecule has 0 bridgehead atoms. The maximum Gasteiger partial charge on any atom is 0.243 e. The molecule has 7 heteroatoms. The smallest absolute Gasteiger partial charge is 0.243 e. The Balaban J connectivity index is 1.78. The van der Waals surface area contributed by atoms with Gasteiger partial charge in [-0.3, -0.25) is 0 Å². The Morgan fingerprint density at radius 1 is 1.17 bits per heavy atom. The SMILES string of the molecule is C=CC[NH+]1CCN(S(=O)(=O)c2ccc3c(c2)OCCCO3)CC1. The van der Waals surface area contributed by atoms with Crippen molar-refractivity contribution >= 4 is 10.0 Å². The van der Waals surface area contributed by atoms with Crippen LogP contribution in [-0.4, -0.2) is 58.7 Å². The molecule has 0 radical (unpaired) electrons. The number of nitrogens with one attached hydrogen (secondary N) is 1. The molecule has 0 aromatic heterocycles.